The molecule has 0 atom stereocenters. The van der Waals surface area contributed by atoms with Gasteiger partial charge in [-0.3, -0.25) is 0 Å². The third-order valence-electron chi connectivity index (χ3n) is 2.83. The molecule has 2 N–H and O–H groups in total. The fraction of sp³-hybridized carbons (Fsp3) is 0.133. The Kier molecular flexibility index (Phi) is 5.39. The van der Waals surface area contributed by atoms with Gasteiger partial charge in [0.1, 0.15) is 5.82 Å². The van der Waals surface area contributed by atoms with Crippen molar-refractivity contribution in [1.29, 1.82) is 0 Å². The molecule has 0 heterocycles. The molecule has 0 aromatic heterocycles. The summed E-state index contributed by atoms with van der Waals surface area (Å²) < 4.78 is 13.6. The van der Waals surface area contributed by atoms with Crippen LogP contribution in [0.1, 0.15) is 11.1 Å². The van der Waals surface area contributed by atoms with E-state index < -0.39 is 0 Å². The van der Waals surface area contributed by atoms with Crippen LogP contribution < -0.4 is 10.6 Å². The van der Waals surface area contributed by atoms with E-state index in [-0.39, 0.29) is 12.4 Å². The van der Waals surface area contributed by atoms with E-state index in [1.54, 1.807) is 12.1 Å². The van der Waals surface area contributed by atoms with Crippen LogP contribution in [0.25, 0.3) is 0 Å². The first-order valence-electron chi connectivity index (χ1n) is 6.20. The molecule has 0 spiro atoms. The van der Waals surface area contributed by atoms with Gasteiger partial charge in [0, 0.05) is 17.1 Å². The number of hydrogen-bond donors (Lipinski definition) is 2. The van der Waals surface area contributed by atoms with Gasteiger partial charge in [0.15, 0.2) is 5.11 Å². The van der Waals surface area contributed by atoms with Crippen molar-refractivity contribution < 1.29 is 4.39 Å². The third kappa shape index (κ3) is 4.56. The van der Waals surface area contributed by atoms with Crippen molar-refractivity contribution in [3.63, 3.8) is 0 Å². The van der Waals surface area contributed by atoms with Gasteiger partial charge in [-0.2, -0.15) is 0 Å². The van der Waals surface area contributed by atoms with Crippen LogP contribution in [0, 0.1) is 12.7 Å². The first-order chi connectivity index (χ1) is 9.95. The lowest BCUT2D eigenvalue weighted by atomic mass is 10.2. The van der Waals surface area contributed by atoms with Crippen molar-refractivity contribution in [1.82, 2.24) is 5.32 Å². The number of anilines is 1. The molecule has 21 heavy (non-hydrogen) atoms. The highest BCUT2D eigenvalue weighted by Crippen LogP contribution is 2.22. The van der Waals surface area contributed by atoms with Gasteiger partial charge in [-0.15, -0.1) is 0 Å². The zero-order valence-electron chi connectivity index (χ0n) is 11.2. The van der Waals surface area contributed by atoms with Gasteiger partial charge in [0.2, 0.25) is 0 Å². The predicted molar refractivity (Wildman–Crippen MR) is 90.7 cm³/mol. The van der Waals surface area contributed by atoms with Gasteiger partial charge in [-0.05, 0) is 49.0 Å². The van der Waals surface area contributed by atoms with Crippen LogP contribution in [0.2, 0.25) is 10.0 Å². The first kappa shape index (κ1) is 16.0. The van der Waals surface area contributed by atoms with E-state index in [9.17, 15) is 4.39 Å². The van der Waals surface area contributed by atoms with Crippen LogP contribution in [0.5, 0.6) is 0 Å². The van der Waals surface area contributed by atoms with Crippen molar-refractivity contribution in [3.8, 4) is 0 Å². The SMILES string of the molecule is Cc1ccc(NC(=S)NCc2ccc(Cl)cc2F)c(Cl)c1. The molecule has 0 unspecified atom stereocenters. The minimum absolute atomic E-state index is 0.262. The topological polar surface area (TPSA) is 24.1 Å². The first-order valence-corrected chi connectivity index (χ1v) is 7.37. The van der Waals surface area contributed by atoms with Crippen molar-refractivity contribution in [2.45, 2.75) is 13.5 Å². The van der Waals surface area contributed by atoms with Gasteiger partial charge in [-0.1, -0.05) is 35.3 Å². The molecule has 110 valence electrons. The Morgan fingerprint density at radius 1 is 1.19 bits per heavy atom. The summed E-state index contributed by atoms with van der Waals surface area (Å²) in [6, 6.07) is 10.1. The molecule has 0 amide bonds. The largest absolute Gasteiger partial charge is 0.358 e. The van der Waals surface area contributed by atoms with E-state index in [1.807, 2.05) is 25.1 Å². The average Bonchev–Trinajstić information content (AvgIpc) is 2.41. The molecule has 0 aliphatic heterocycles. The fourth-order valence-electron chi connectivity index (χ4n) is 1.73. The summed E-state index contributed by atoms with van der Waals surface area (Å²) in [5.74, 6) is -0.369. The number of rotatable bonds is 3. The Labute approximate surface area is 138 Å². The number of aryl methyl sites for hydroxylation is 1. The smallest absolute Gasteiger partial charge is 0.171 e. The summed E-state index contributed by atoms with van der Waals surface area (Å²) in [5, 5.41) is 7.22. The maximum absolute atomic E-state index is 13.6. The standard InChI is InChI=1S/C15H13Cl2FN2S/c1-9-2-5-14(12(17)6-9)20-15(21)19-8-10-3-4-11(16)7-13(10)18/h2-7H,8H2,1H3,(H2,19,20,21). The van der Waals surface area contributed by atoms with Crippen LogP contribution >= 0.6 is 35.4 Å². The second-order valence-electron chi connectivity index (χ2n) is 4.53. The second-order valence-corrected chi connectivity index (χ2v) is 5.78. The molecule has 6 heteroatoms. The molecule has 2 nitrogen and oxygen atoms in total. The molecule has 0 saturated carbocycles. The summed E-state index contributed by atoms with van der Waals surface area (Å²) >= 11 is 17.0. The molecule has 2 aromatic rings. The molecule has 2 rings (SSSR count). The number of nitrogens with one attached hydrogen (secondary N) is 2. The zero-order chi connectivity index (χ0) is 15.4. The van der Waals surface area contributed by atoms with Crippen molar-refractivity contribution in [3.05, 3.63) is 63.4 Å². The molecule has 2 aromatic carbocycles. The predicted octanol–water partition coefficient (Wildman–Crippen LogP) is 4.93. The van der Waals surface area contributed by atoms with Crippen LogP contribution in [0.15, 0.2) is 36.4 Å². The monoisotopic (exact) mass is 342 g/mol. The highest BCUT2D eigenvalue weighted by Gasteiger charge is 2.06. The summed E-state index contributed by atoms with van der Waals surface area (Å²) in [7, 11) is 0. The highest BCUT2D eigenvalue weighted by molar-refractivity contribution is 7.80. The maximum Gasteiger partial charge on any atom is 0.171 e. The van der Waals surface area contributed by atoms with Gasteiger partial charge >= 0.3 is 0 Å². The van der Waals surface area contributed by atoms with E-state index in [2.05, 4.69) is 10.6 Å². The van der Waals surface area contributed by atoms with Gasteiger partial charge in [0.05, 0.1) is 10.7 Å². The van der Waals surface area contributed by atoms with Crippen molar-refractivity contribution in [2.75, 3.05) is 5.32 Å². The number of benzene rings is 2. The highest BCUT2D eigenvalue weighted by atomic mass is 35.5. The van der Waals surface area contributed by atoms with E-state index in [0.29, 0.717) is 26.4 Å². The zero-order valence-corrected chi connectivity index (χ0v) is 13.5. The molecule has 0 radical (unpaired) electrons. The van der Waals surface area contributed by atoms with Gasteiger partial charge < -0.3 is 10.6 Å². The Balaban J connectivity index is 1.96. The van der Waals surface area contributed by atoms with Crippen molar-refractivity contribution >= 4 is 46.2 Å². The molecule has 0 bridgehead atoms. The number of hydrogen-bond acceptors (Lipinski definition) is 1. The van der Waals surface area contributed by atoms with Crippen LogP contribution in [0.3, 0.4) is 0 Å². The van der Waals surface area contributed by atoms with E-state index in [4.69, 9.17) is 35.4 Å². The van der Waals surface area contributed by atoms with Gasteiger partial charge in [0.25, 0.3) is 0 Å². The average molecular weight is 343 g/mol. The quantitative estimate of drug-likeness (QED) is 0.773. The summed E-state index contributed by atoms with van der Waals surface area (Å²) in [4.78, 5) is 0. The normalized spacial score (nSPS) is 10.3. The molecule has 0 aliphatic carbocycles. The van der Waals surface area contributed by atoms with Crippen LogP contribution in [-0.2, 0) is 6.54 Å². The molecular weight excluding hydrogens is 330 g/mol. The van der Waals surface area contributed by atoms with E-state index in [1.165, 1.54) is 6.07 Å². The summed E-state index contributed by atoms with van der Waals surface area (Å²) in [6.07, 6.45) is 0. The maximum atomic E-state index is 13.6. The third-order valence-corrected chi connectivity index (χ3v) is 3.62. The summed E-state index contributed by atoms with van der Waals surface area (Å²) in [5.41, 5.74) is 2.25. The minimum atomic E-state index is -0.369. The van der Waals surface area contributed by atoms with E-state index in [0.717, 1.165) is 5.56 Å². The van der Waals surface area contributed by atoms with Crippen LogP contribution in [0.4, 0.5) is 10.1 Å². The molecule has 0 fully saturated rings. The second kappa shape index (κ2) is 7.07. The Morgan fingerprint density at radius 3 is 2.62 bits per heavy atom. The lowest BCUT2D eigenvalue weighted by Gasteiger charge is -2.12. The lowest BCUT2D eigenvalue weighted by Crippen LogP contribution is -2.28. The van der Waals surface area contributed by atoms with Gasteiger partial charge in [-0.25, -0.2) is 4.39 Å². The number of halogens is 3. The Morgan fingerprint density at radius 2 is 1.95 bits per heavy atom. The Hall–Kier alpha value is -1.36. The fourth-order valence-corrected chi connectivity index (χ4v) is 2.35. The Bertz CT molecular complexity index is 677. The molecular formula is C15H13Cl2FN2S. The van der Waals surface area contributed by atoms with Crippen LogP contribution in [-0.4, -0.2) is 5.11 Å². The number of thiocarbonyl (C=S) groups is 1. The molecule has 0 saturated heterocycles. The lowest BCUT2D eigenvalue weighted by molar-refractivity contribution is 0.606. The summed E-state index contributed by atoms with van der Waals surface area (Å²) in [6.45, 7) is 2.22. The minimum Gasteiger partial charge on any atom is -0.358 e. The van der Waals surface area contributed by atoms with Crippen molar-refractivity contribution in [2.24, 2.45) is 0 Å². The van der Waals surface area contributed by atoms with E-state index >= 15 is 0 Å². The molecule has 0 aliphatic rings.